The summed E-state index contributed by atoms with van der Waals surface area (Å²) in [6, 6.07) is 5.28. The van der Waals surface area contributed by atoms with Crippen molar-refractivity contribution in [1.82, 2.24) is 4.90 Å². The predicted octanol–water partition coefficient (Wildman–Crippen LogP) is 3.54. The molecular formula is C15H21F3N2. The van der Waals surface area contributed by atoms with Crippen LogP contribution in [0.3, 0.4) is 0 Å². The minimum Gasteiger partial charge on any atom is -0.368 e. The number of hydrogen-bond donors (Lipinski definition) is 0. The van der Waals surface area contributed by atoms with Gasteiger partial charge in [0.25, 0.3) is 0 Å². The van der Waals surface area contributed by atoms with Crippen LogP contribution in [0.1, 0.15) is 25.0 Å². The molecule has 1 aliphatic heterocycles. The molecule has 0 aliphatic carbocycles. The lowest BCUT2D eigenvalue weighted by molar-refractivity contribution is -0.138. The third kappa shape index (κ3) is 2.92. The number of halogens is 3. The van der Waals surface area contributed by atoms with Crippen molar-refractivity contribution in [1.29, 1.82) is 0 Å². The molecule has 0 amide bonds. The number of nitrogens with zero attached hydrogens (tertiary/aromatic N) is 2. The number of rotatable bonds is 1. The third-order valence-electron chi connectivity index (χ3n) is 4.25. The molecule has 0 saturated carbocycles. The molecule has 1 fully saturated rings. The van der Waals surface area contributed by atoms with E-state index in [1.165, 1.54) is 13.0 Å². The Hall–Kier alpha value is -1.23. The molecule has 0 N–H and O–H groups in total. The Morgan fingerprint density at radius 1 is 1.10 bits per heavy atom. The molecule has 2 atom stereocenters. The Balaban J connectivity index is 2.30. The van der Waals surface area contributed by atoms with Gasteiger partial charge in [-0.15, -0.1) is 0 Å². The summed E-state index contributed by atoms with van der Waals surface area (Å²) in [4.78, 5) is 4.30. The molecule has 1 aromatic rings. The van der Waals surface area contributed by atoms with Crippen LogP contribution in [0.4, 0.5) is 18.9 Å². The fourth-order valence-corrected chi connectivity index (χ4v) is 2.73. The van der Waals surface area contributed by atoms with Crippen molar-refractivity contribution in [3.8, 4) is 0 Å². The highest BCUT2D eigenvalue weighted by atomic mass is 19.4. The molecule has 0 bridgehead atoms. The maximum absolute atomic E-state index is 13.0. The first-order valence-electron chi connectivity index (χ1n) is 6.85. The summed E-state index contributed by atoms with van der Waals surface area (Å²) in [7, 11) is 2.06. The second-order valence-corrected chi connectivity index (χ2v) is 5.77. The Morgan fingerprint density at radius 3 is 2.15 bits per heavy atom. The largest absolute Gasteiger partial charge is 0.416 e. The standard InChI is InChI=1S/C15H21F3N2/c1-10-5-6-13(7-14(10)15(16,17)18)20-8-11(2)19(4)12(3)9-20/h5-7,11-12H,8-9H2,1-4H3/t11-,12+. The molecule has 0 spiro atoms. The highest BCUT2D eigenvalue weighted by Crippen LogP contribution is 2.35. The minimum absolute atomic E-state index is 0.275. The normalized spacial score (nSPS) is 25.1. The Morgan fingerprint density at radius 2 is 1.65 bits per heavy atom. The quantitative estimate of drug-likeness (QED) is 0.779. The maximum atomic E-state index is 13.0. The van der Waals surface area contributed by atoms with E-state index in [1.807, 2.05) is 4.90 Å². The SMILES string of the molecule is Cc1ccc(N2C[C@@H](C)N(C)[C@@H](C)C2)cc1C(F)(F)F. The summed E-state index contributed by atoms with van der Waals surface area (Å²) in [5.74, 6) is 0. The second-order valence-electron chi connectivity index (χ2n) is 5.77. The van der Waals surface area contributed by atoms with E-state index in [-0.39, 0.29) is 5.56 Å². The smallest absolute Gasteiger partial charge is 0.368 e. The Kier molecular flexibility index (Phi) is 4.00. The van der Waals surface area contributed by atoms with Crippen LogP contribution in [0.5, 0.6) is 0 Å². The number of likely N-dealkylation sites (N-methyl/N-ethyl adjacent to an activating group) is 1. The molecule has 5 heteroatoms. The van der Waals surface area contributed by atoms with E-state index in [4.69, 9.17) is 0 Å². The van der Waals surface area contributed by atoms with Crippen LogP contribution in [0.25, 0.3) is 0 Å². The first kappa shape index (κ1) is 15.2. The maximum Gasteiger partial charge on any atom is 0.416 e. The number of anilines is 1. The fraction of sp³-hybridized carbons (Fsp3) is 0.600. The molecule has 1 saturated heterocycles. The van der Waals surface area contributed by atoms with Crippen molar-refractivity contribution in [2.75, 3.05) is 25.0 Å². The van der Waals surface area contributed by atoms with E-state index in [0.717, 1.165) is 13.1 Å². The monoisotopic (exact) mass is 286 g/mol. The van der Waals surface area contributed by atoms with Crippen LogP contribution in [0, 0.1) is 6.92 Å². The van der Waals surface area contributed by atoms with E-state index in [1.54, 1.807) is 12.1 Å². The van der Waals surface area contributed by atoms with Crippen molar-refractivity contribution >= 4 is 5.69 Å². The Labute approximate surface area is 118 Å². The molecule has 1 aromatic carbocycles. The molecule has 2 nitrogen and oxygen atoms in total. The molecule has 0 radical (unpaired) electrons. The molecule has 1 heterocycles. The van der Waals surface area contributed by atoms with Gasteiger partial charge in [0.1, 0.15) is 0 Å². The topological polar surface area (TPSA) is 6.48 Å². The van der Waals surface area contributed by atoms with Crippen LogP contribution < -0.4 is 4.90 Å². The molecule has 2 rings (SSSR count). The van der Waals surface area contributed by atoms with Gasteiger partial charge in [-0.25, -0.2) is 0 Å². The van der Waals surface area contributed by atoms with Gasteiger partial charge in [-0.3, -0.25) is 4.90 Å². The van der Waals surface area contributed by atoms with Crippen molar-refractivity contribution < 1.29 is 13.2 Å². The van der Waals surface area contributed by atoms with Crippen LogP contribution in [0.15, 0.2) is 18.2 Å². The summed E-state index contributed by atoms with van der Waals surface area (Å²) in [5, 5.41) is 0. The number of alkyl halides is 3. The van der Waals surface area contributed by atoms with Crippen molar-refractivity contribution in [3.05, 3.63) is 29.3 Å². The van der Waals surface area contributed by atoms with Gasteiger partial charge in [0.05, 0.1) is 5.56 Å². The second kappa shape index (κ2) is 5.28. The fourth-order valence-electron chi connectivity index (χ4n) is 2.73. The van der Waals surface area contributed by atoms with Gasteiger partial charge in [0, 0.05) is 30.9 Å². The minimum atomic E-state index is -4.29. The zero-order valence-electron chi connectivity index (χ0n) is 12.3. The summed E-state index contributed by atoms with van der Waals surface area (Å²) < 4.78 is 39.0. The van der Waals surface area contributed by atoms with Gasteiger partial charge >= 0.3 is 6.18 Å². The van der Waals surface area contributed by atoms with Crippen LogP contribution in [0.2, 0.25) is 0 Å². The average molecular weight is 286 g/mol. The number of aryl methyl sites for hydroxylation is 1. The van der Waals surface area contributed by atoms with E-state index < -0.39 is 11.7 Å². The average Bonchev–Trinajstić information content (AvgIpc) is 2.34. The highest BCUT2D eigenvalue weighted by Gasteiger charge is 2.34. The van der Waals surface area contributed by atoms with E-state index >= 15 is 0 Å². The van der Waals surface area contributed by atoms with Crippen molar-refractivity contribution in [2.45, 2.75) is 39.0 Å². The third-order valence-corrected chi connectivity index (χ3v) is 4.25. The molecule has 0 unspecified atom stereocenters. The molecule has 0 aromatic heterocycles. The zero-order chi connectivity index (χ0) is 15.1. The molecular weight excluding hydrogens is 265 g/mol. The first-order chi connectivity index (χ1) is 9.20. The van der Waals surface area contributed by atoms with Crippen LogP contribution in [-0.4, -0.2) is 37.1 Å². The lowest BCUT2D eigenvalue weighted by Gasteiger charge is -2.43. The molecule has 1 aliphatic rings. The summed E-state index contributed by atoms with van der Waals surface area (Å²) in [6.45, 7) is 7.20. The number of benzene rings is 1. The van der Waals surface area contributed by atoms with Gasteiger partial charge in [-0.1, -0.05) is 6.07 Å². The molecule has 20 heavy (non-hydrogen) atoms. The van der Waals surface area contributed by atoms with Crippen molar-refractivity contribution in [3.63, 3.8) is 0 Å². The molecule has 112 valence electrons. The van der Waals surface area contributed by atoms with E-state index in [0.29, 0.717) is 17.8 Å². The van der Waals surface area contributed by atoms with Gasteiger partial charge in [-0.05, 0) is 45.5 Å². The van der Waals surface area contributed by atoms with Gasteiger partial charge in [-0.2, -0.15) is 13.2 Å². The van der Waals surface area contributed by atoms with Gasteiger partial charge in [0.2, 0.25) is 0 Å². The van der Waals surface area contributed by atoms with E-state index in [9.17, 15) is 13.2 Å². The lowest BCUT2D eigenvalue weighted by Crippen LogP contribution is -2.55. The van der Waals surface area contributed by atoms with Crippen LogP contribution in [-0.2, 0) is 6.18 Å². The van der Waals surface area contributed by atoms with Gasteiger partial charge < -0.3 is 4.90 Å². The highest BCUT2D eigenvalue weighted by molar-refractivity contribution is 5.52. The zero-order valence-corrected chi connectivity index (χ0v) is 12.3. The Bertz CT molecular complexity index is 472. The van der Waals surface area contributed by atoms with E-state index in [2.05, 4.69) is 25.8 Å². The van der Waals surface area contributed by atoms with Gasteiger partial charge in [0.15, 0.2) is 0 Å². The summed E-state index contributed by atoms with van der Waals surface area (Å²) in [6.07, 6.45) is -4.29. The van der Waals surface area contributed by atoms with Crippen LogP contribution >= 0.6 is 0 Å². The number of piperazine rings is 1. The number of hydrogen-bond acceptors (Lipinski definition) is 2. The first-order valence-corrected chi connectivity index (χ1v) is 6.85. The summed E-state index contributed by atoms with van der Waals surface area (Å²) in [5.41, 5.74) is 0.403. The predicted molar refractivity (Wildman–Crippen MR) is 75.1 cm³/mol. The summed E-state index contributed by atoms with van der Waals surface area (Å²) >= 11 is 0. The lowest BCUT2D eigenvalue weighted by atomic mass is 10.0. The van der Waals surface area contributed by atoms with Crippen molar-refractivity contribution in [2.24, 2.45) is 0 Å².